The second kappa shape index (κ2) is 9.44. The van der Waals surface area contributed by atoms with E-state index in [9.17, 15) is 4.79 Å². The summed E-state index contributed by atoms with van der Waals surface area (Å²) in [5, 5.41) is 3.05. The van der Waals surface area contributed by atoms with Gasteiger partial charge in [0.1, 0.15) is 0 Å². The van der Waals surface area contributed by atoms with Gasteiger partial charge in [0.05, 0.1) is 0 Å². The first-order valence-electron chi connectivity index (χ1n) is 9.21. The molecular weight excluding hydrogens is 318 g/mol. The first-order chi connectivity index (χ1) is 11.8. The number of thioether (sulfide) groups is 1. The number of rotatable bonds is 6. The molecule has 2 aliphatic rings. The van der Waals surface area contributed by atoms with Crippen LogP contribution < -0.4 is 5.32 Å². The summed E-state index contributed by atoms with van der Waals surface area (Å²) >= 11 is 2.04. The number of likely N-dealkylation sites (tertiary alicyclic amines) is 1. The number of benzene rings is 1. The molecule has 1 N–H and O–H groups in total. The molecule has 1 aromatic rings. The number of carbonyl (C=O) groups is 1. The lowest BCUT2D eigenvalue weighted by Gasteiger charge is -2.26. The molecule has 24 heavy (non-hydrogen) atoms. The number of carbonyl (C=O) groups excluding carboxylic acids is 1. The number of nitrogens with one attached hydrogen (secondary N) is 1. The highest BCUT2D eigenvalue weighted by atomic mass is 32.2. The second-order valence-electron chi connectivity index (χ2n) is 6.74. The van der Waals surface area contributed by atoms with Crippen LogP contribution in [0.5, 0.6) is 0 Å². The molecule has 2 fully saturated rings. The fourth-order valence-electron chi connectivity index (χ4n) is 3.39. The SMILES string of the molecule is O=C(NCCN1CCCCC1)c1ccc(CN2CCSCC2)cc1. The summed E-state index contributed by atoms with van der Waals surface area (Å²) in [6.07, 6.45) is 3.95. The van der Waals surface area contributed by atoms with Crippen molar-refractivity contribution >= 4 is 17.7 Å². The molecule has 0 unspecified atom stereocenters. The van der Waals surface area contributed by atoms with Crippen LogP contribution in [0.1, 0.15) is 35.2 Å². The predicted molar refractivity (Wildman–Crippen MR) is 102 cm³/mol. The monoisotopic (exact) mass is 347 g/mol. The highest BCUT2D eigenvalue weighted by Crippen LogP contribution is 2.13. The Morgan fingerprint density at radius 3 is 2.38 bits per heavy atom. The molecule has 1 amide bonds. The van der Waals surface area contributed by atoms with Crippen molar-refractivity contribution in [2.75, 3.05) is 50.8 Å². The van der Waals surface area contributed by atoms with Crippen LogP contribution in [-0.2, 0) is 6.54 Å². The van der Waals surface area contributed by atoms with Gasteiger partial charge in [0.2, 0.25) is 0 Å². The Hall–Kier alpha value is -1.04. The van der Waals surface area contributed by atoms with E-state index in [0.717, 1.165) is 25.2 Å². The van der Waals surface area contributed by atoms with Crippen molar-refractivity contribution in [2.45, 2.75) is 25.8 Å². The van der Waals surface area contributed by atoms with Crippen LogP contribution in [0, 0.1) is 0 Å². The summed E-state index contributed by atoms with van der Waals surface area (Å²) < 4.78 is 0. The first kappa shape index (κ1) is 17.8. The van der Waals surface area contributed by atoms with Gasteiger partial charge < -0.3 is 10.2 Å². The van der Waals surface area contributed by atoms with E-state index in [0.29, 0.717) is 0 Å². The number of hydrogen-bond donors (Lipinski definition) is 1. The molecule has 3 rings (SSSR count). The average Bonchev–Trinajstić information content (AvgIpc) is 2.64. The van der Waals surface area contributed by atoms with E-state index < -0.39 is 0 Å². The third kappa shape index (κ3) is 5.50. The smallest absolute Gasteiger partial charge is 0.251 e. The summed E-state index contributed by atoms with van der Waals surface area (Å²) in [7, 11) is 0. The Kier molecular flexibility index (Phi) is 6.99. The first-order valence-corrected chi connectivity index (χ1v) is 10.4. The summed E-state index contributed by atoms with van der Waals surface area (Å²) in [5.41, 5.74) is 2.07. The molecule has 2 aliphatic heterocycles. The van der Waals surface area contributed by atoms with E-state index >= 15 is 0 Å². The number of hydrogen-bond acceptors (Lipinski definition) is 4. The van der Waals surface area contributed by atoms with Crippen molar-refractivity contribution in [1.82, 2.24) is 15.1 Å². The van der Waals surface area contributed by atoms with Crippen LogP contribution in [0.25, 0.3) is 0 Å². The Bertz CT molecular complexity index is 508. The molecule has 0 aromatic heterocycles. The van der Waals surface area contributed by atoms with Gasteiger partial charge in [0.25, 0.3) is 5.91 Å². The topological polar surface area (TPSA) is 35.6 Å². The minimum Gasteiger partial charge on any atom is -0.351 e. The van der Waals surface area contributed by atoms with Crippen molar-refractivity contribution in [1.29, 1.82) is 0 Å². The lowest BCUT2D eigenvalue weighted by molar-refractivity contribution is 0.0946. The number of nitrogens with zero attached hydrogens (tertiary/aromatic N) is 2. The molecule has 0 radical (unpaired) electrons. The normalized spacial score (nSPS) is 20.0. The fraction of sp³-hybridized carbons (Fsp3) is 0.632. The maximum absolute atomic E-state index is 12.2. The van der Waals surface area contributed by atoms with Crippen LogP contribution in [0.2, 0.25) is 0 Å². The van der Waals surface area contributed by atoms with Gasteiger partial charge in [-0.1, -0.05) is 18.6 Å². The maximum atomic E-state index is 12.2. The number of piperidine rings is 1. The van der Waals surface area contributed by atoms with Crippen molar-refractivity contribution in [2.24, 2.45) is 0 Å². The molecule has 1 aromatic carbocycles. The zero-order valence-electron chi connectivity index (χ0n) is 14.5. The van der Waals surface area contributed by atoms with Gasteiger partial charge in [-0.3, -0.25) is 9.69 Å². The maximum Gasteiger partial charge on any atom is 0.251 e. The minimum atomic E-state index is 0.0490. The van der Waals surface area contributed by atoms with Gasteiger partial charge in [0, 0.05) is 49.8 Å². The summed E-state index contributed by atoms with van der Waals surface area (Å²) in [4.78, 5) is 17.2. The molecular formula is C19H29N3OS. The van der Waals surface area contributed by atoms with Gasteiger partial charge in [-0.15, -0.1) is 0 Å². The number of amides is 1. The van der Waals surface area contributed by atoms with Gasteiger partial charge in [-0.2, -0.15) is 11.8 Å². The van der Waals surface area contributed by atoms with E-state index in [1.165, 1.54) is 62.5 Å². The van der Waals surface area contributed by atoms with Gasteiger partial charge in [0.15, 0.2) is 0 Å². The van der Waals surface area contributed by atoms with E-state index in [1.807, 2.05) is 23.9 Å². The van der Waals surface area contributed by atoms with Crippen LogP contribution >= 0.6 is 11.8 Å². The fourth-order valence-corrected chi connectivity index (χ4v) is 4.37. The zero-order valence-corrected chi connectivity index (χ0v) is 15.3. The van der Waals surface area contributed by atoms with Crippen molar-refractivity contribution in [3.05, 3.63) is 35.4 Å². The lowest BCUT2D eigenvalue weighted by Crippen LogP contribution is -2.37. The molecule has 0 spiro atoms. The van der Waals surface area contributed by atoms with Gasteiger partial charge in [-0.25, -0.2) is 0 Å². The molecule has 4 nitrogen and oxygen atoms in total. The standard InChI is InChI=1S/C19H29N3OS/c23-19(20-8-11-21-9-2-1-3-10-21)18-6-4-17(5-7-18)16-22-12-14-24-15-13-22/h4-7H,1-3,8-16H2,(H,20,23). The quantitative estimate of drug-likeness (QED) is 0.857. The Morgan fingerprint density at radius 2 is 1.67 bits per heavy atom. The van der Waals surface area contributed by atoms with E-state index in [-0.39, 0.29) is 5.91 Å². The predicted octanol–water partition coefficient (Wildman–Crippen LogP) is 2.45. The second-order valence-corrected chi connectivity index (χ2v) is 7.97. The molecule has 0 saturated carbocycles. The van der Waals surface area contributed by atoms with Crippen LogP contribution in [0.4, 0.5) is 0 Å². The van der Waals surface area contributed by atoms with Crippen LogP contribution in [0.15, 0.2) is 24.3 Å². The molecule has 132 valence electrons. The zero-order chi connectivity index (χ0) is 16.6. The molecule has 0 bridgehead atoms. The van der Waals surface area contributed by atoms with Crippen molar-refractivity contribution in [3.63, 3.8) is 0 Å². The molecule has 2 saturated heterocycles. The Morgan fingerprint density at radius 1 is 0.958 bits per heavy atom. The van der Waals surface area contributed by atoms with E-state index in [2.05, 4.69) is 27.2 Å². The molecule has 0 aliphatic carbocycles. The lowest BCUT2D eigenvalue weighted by atomic mass is 10.1. The Labute approximate surface area is 150 Å². The molecule has 2 heterocycles. The average molecular weight is 348 g/mol. The van der Waals surface area contributed by atoms with Crippen LogP contribution in [0.3, 0.4) is 0 Å². The van der Waals surface area contributed by atoms with E-state index in [4.69, 9.17) is 0 Å². The van der Waals surface area contributed by atoms with Crippen molar-refractivity contribution < 1.29 is 4.79 Å². The molecule has 5 heteroatoms. The van der Waals surface area contributed by atoms with Crippen LogP contribution in [-0.4, -0.2) is 66.5 Å². The third-order valence-electron chi connectivity index (χ3n) is 4.89. The van der Waals surface area contributed by atoms with Gasteiger partial charge in [-0.05, 0) is 43.6 Å². The molecule has 0 atom stereocenters. The summed E-state index contributed by atoms with van der Waals surface area (Å²) in [5.74, 6) is 2.52. The highest BCUT2D eigenvalue weighted by Gasteiger charge is 2.12. The van der Waals surface area contributed by atoms with Gasteiger partial charge >= 0.3 is 0 Å². The largest absolute Gasteiger partial charge is 0.351 e. The minimum absolute atomic E-state index is 0.0490. The summed E-state index contributed by atoms with van der Waals surface area (Å²) in [6.45, 7) is 7.41. The highest BCUT2D eigenvalue weighted by molar-refractivity contribution is 7.99. The third-order valence-corrected chi connectivity index (χ3v) is 5.83. The van der Waals surface area contributed by atoms with E-state index in [1.54, 1.807) is 0 Å². The Balaban J connectivity index is 1.41. The van der Waals surface area contributed by atoms with Crippen molar-refractivity contribution in [3.8, 4) is 0 Å². The summed E-state index contributed by atoms with van der Waals surface area (Å²) in [6, 6.07) is 8.12.